The molecule has 126 valence electrons. The van der Waals surface area contributed by atoms with Crippen molar-refractivity contribution < 1.29 is 4.39 Å². The Balaban J connectivity index is 2.40. The molecule has 0 saturated heterocycles. The highest BCUT2D eigenvalue weighted by Crippen LogP contribution is 2.29. The van der Waals surface area contributed by atoms with Crippen LogP contribution in [0, 0.1) is 30.5 Å². The van der Waals surface area contributed by atoms with Gasteiger partial charge in [0.2, 0.25) is 5.95 Å². The second kappa shape index (κ2) is 6.27. The van der Waals surface area contributed by atoms with E-state index >= 15 is 0 Å². The second-order valence-corrected chi connectivity index (χ2v) is 5.69. The highest BCUT2D eigenvalue weighted by Gasteiger charge is 2.16. The highest BCUT2D eigenvalue weighted by atomic mass is 19.1. The van der Waals surface area contributed by atoms with Crippen molar-refractivity contribution in [2.24, 2.45) is 0 Å². The number of nitrogen functional groups attached to an aromatic ring is 1. The van der Waals surface area contributed by atoms with E-state index in [-0.39, 0.29) is 17.3 Å². The SMILES string of the molecule is Cc1cc(-c2c(-c3ccc(F)cc3)nc(N)n(C=N)c2=N)cc(C)n1. The van der Waals surface area contributed by atoms with Crippen molar-refractivity contribution in [2.45, 2.75) is 13.8 Å². The Hall–Kier alpha value is -3.35. The van der Waals surface area contributed by atoms with E-state index in [9.17, 15) is 4.39 Å². The number of pyridine rings is 1. The molecule has 0 fully saturated rings. The van der Waals surface area contributed by atoms with E-state index in [1.807, 2.05) is 26.0 Å². The number of aryl methyl sites for hydroxylation is 2. The fourth-order valence-electron chi connectivity index (χ4n) is 2.77. The largest absolute Gasteiger partial charge is 0.369 e. The van der Waals surface area contributed by atoms with Gasteiger partial charge in [-0.15, -0.1) is 0 Å². The molecule has 0 amide bonds. The molecule has 25 heavy (non-hydrogen) atoms. The molecular formula is C18H17FN6. The molecule has 0 aliphatic heterocycles. The first-order chi connectivity index (χ1) is 11.9. The standard InChI is InChI=1S/C18H17FN6/c1-10-7-13(8-11(2)23-10)15-16(12-3-5-14(19)6-4-12)24-18(22)25(9-20)17(15)21/h3-9,20-21H,1-2H3,(H2,22,24). The lowest BCUT2D eigenvalue weighted by Crippen LogP contribution is -2.26. The molecule has 0 bridgehead atoms. The zero-order valence-electron chi connectivity index (χ0n) is 13.8. The Labute approximate surface area is 143 Å². The third kappa shape index (κ3) is 3.03. The average Bonchev–Trinajstić information content (AvgIpc) is 2.54. The van der Waals surface area contributed by atoms with E-state index in [1.165, 1.54) is 16.7 Å². The Kier molecular flexibility index (Phi) is 4.14. The van der Waals surface area contributed by atoms with Crippen LogP contribution in [0.3, 0.4) is 0 Å². The van der Waals surface area contributed by atoms with Crippen molar-refractivity contribution in [3.05, 3.63) is 59.1 Å². The van der Waals surface area contributed by atoms with Gasteiger partial charge in [-0.25, -0.2) is 9.37 Å². The highest BCUT2D eigenvalue weighted by molar-refractivity contribution is 5.82. The second-order valence-electron chi connectivity index (χ2n) is 5.69. The van der Waals surface area contributed by atoms with Gasteiger partial charge in [-0.1, -0.05) is 0 Å². The third-order valence-electron chi connectivity index (χ3n) is 3.80. The molecule has 0 unspecified atom stereocenters. The molecule has 1 aromatic carbocycles. The predicted octanol–water partition coefficient (Wildman–Crippen LogP) is 2.88. The molecule has 0 radical (unpaired) electrons. The number of nitrogens with zero attached hydrogens (tertiary/aromatic N) is 3. The van der Waals surface area contributed by atoms with Crippen LogP contribution in [0.4, 0.5) is 10.3 Å². The van der Waals surface area contributed by atoms with Gasteiger partial charge in [-0.05, 0) is 55.8 Å². The van der Waals surface area contributed by atoms with Gasteiger partial charge in [0.25, 0.3) is 0 Å². The minimum Gasteiger partial charge on any atom is -0.369 e. The van der Waals surface area contributed by atoms with Crippen LogP contribution in [0.1, 0.15) is 11.4 Å². The Morgan fingerprint density at radius 3 is 2.20 bits per heavy atom. The number of nitrogens with two attached hydrogens (primary N) is 1. The zero-order valence-corrected chi connectivity index (χ0v) is 13.8. The summed E-state index contributed by atoms with van der Waals surface area (Å²) in [6, 6.07) is 9.55. The third-order valence-corrected chi connectivity index (χ3v) is 3.80. The molecule has 0 atom stereocenters. The van der Waals surface area contributed by atoms with Crippen LogP contribution < -0.4 is 11.2 Å². The fourth-order valence-corrected chi connectivity index (χ4v) is 2.77. The summed E-state index contributed by atoms with van der Waals surface area (Å²) in [7, 11) is 0. The van der Waals surface area contributed by atoms with Crippen LogP contribution in [0.2, 0.25) is 0 Å². The van der Waals surface area contributed by atoms with E-state index in [0.717, 1.165) is 23.3 Å². The molecule has 0 saturated carbocycles. The first-order valence-corrected chi connectivity index (χ1v) is 7.59. The van der Waals surface area contributed by atoms with Crippen molar-refractivity contribution in [3.8, 4) is 22.4 Å². The first kappa shape index (κ1) is 16.5. The molecule has 2 aromatic heterocycles. The summed E-state index contributed by atoms with van der Waals surface area (Å²) in [4.78, 5) is 8.72. The van der Waals surface area contributed by atoms with Crippen molar-refractivity contribution in [2.75, 3.05) is 5.73 Å². The van der Waals surface area contributed by atoms with Crippen molar-refractivity contribution in [1.82, 2.24) is 14.5 Å². The van der Waals surface area contributed by atoms with E-state index in [0.29, 0.717) is 16.8 Å². The summed E-state index contributed by atoms with van der Waals surface area (Å²) in [5.41, 5.74) is 9.90. The topological polar surface area (TPSA) is 104 Å². The monoisotopic (exact) mass is 336 g/mol. The maximum Gasteiger partial charge on any atom is 0.207 e. The molecule has 6 nitrogen and oxygen atoms in total. The van der Waals surface area contributed by atoms with E-state index in [4.69, 9.17) is 16.6 Å². The molecule has 0 aliphatic carbocycles. The lowest BCUT2D eigenvalue weighted by molar-refractivity contribution is 0.628. The van der Waals surface area contributed by atoms with Crippen LogP contribution in [-0.2, 0) is 0 Å². The molecule has 3 rings (SSSR count). The molecule has 3 aromatic rings. The molecule has 4 N–H and O–H groups in total. The van der Waals surface area contributed by atoms with Crippen LogP contribution in [0.5, 0.6) is 0 Å². The maximum atomic E-state index is 13.3. The van der Waals surface area contributed by atoms with Gasteiger partial charge in [-0.3, -0.25) is 20.4 Å². The van der Waals surface area contributed by atoms with E-state index in [1.54, 1.807) is 12.1 Å². The minimum absolute atomic E-state index is 0.0191. The molecular weight excluding hydrogens is 319 g/mol. The first-order valence-electron chi connectivity index (χ1n) is 7.59. The number of rotatable bonds is 3. The fraction of sp³-hybridized carbons (Fsp3) is 0.111. The number of nitrogens with one attached hydrogen (secondary N) is 2. The Morgan fingerprint density at radius 1 is 1.04 bits per heavy atom. The van der Waals surface area contributed by atoms with Crippen molar-refractivity contribution in [1.29, 1.82) is 10.8 Å². The lowest BCUT2D eigenvalue weighted by atomic mass is 9.99. The normalized spacial score (nSPS) is 10.7. The van der Waals surface area contributed by atoms with Crippen molar-refractivity contribution in [3.63, 3.8) is 0 Å². The van der Waals surface area contributed by atoms with Crippen LogP contribution in [0.25, 0.3) is 22.4 Å². The summed E-state index contributed by atoms with van der Waals surface area (Å²) >= 11 is 0. The number of aromatic nitrogens is 3. The van der Waals surface area contributed by atoms with Gasteiger partial charge < -0.3 is 5.73 Å². The smallest absolute Gasteiger partial charge is 0.207 e. The summed E-state index contributed by atoms with van der Waals surface area (Å²) in [6.07, 6.45) is 0.948. The van der Waals surface area contributed by atoms with Crippen LogP contribution in [-0.4, -0.2) is 20.9 Å². The number of anilines is 1. The summed E-state index contributed by atoms with van der Waals surface area (Å²) in [5, 5.41) is 16.0. The molecule has 0 spiro atoms. The van der Waals surface area contributed by atoms with E-state index < -0.39 is 0 Å². The minimum atomic E-state index is -0.356. The van der Waals surface area contributed by atoms with E-state index in [2.05, 4.69) is 9.97 Å². The Bertz CT molecular complexity index is 1000. The van der Waals surface area contributed by atoms with Crippen LogP contribution >= 0.6 is 0 Å². The van der Waals surface area contributed by atoms with Gasteiger partial charge in [0.1, 0.15) is 11.3 Å². The maximum absolute atomic E-state index is 13.3. The summed E-state index contributed by atoms with van der Waals surface area (Å²) in [6.45, 7) is 3.74. The number of hydrogen-bond acceptors (Lipinski definition) is 5. The van der Waals surface area contributed by atoms with Gasteiger partial charge in [0, 0.05) is 17.0 Å². The van der Waals surface area contributed by atoms with Gasteiger partial charge >= 0.3 is 0 Å². The average molecular weight is 336 g/mol. The van der Waals surface area contributed by atoms with Crippen LogP contribution in [0.15, 0.2) is 36.4 Å². The molecule has 0 aliphatic rings. The molecule has 2 heterocycles. The number of halogens is 1. The van der Waals surface area contributed by atoms with Gasteiger partial charge in [-0.2, -0.15) is 0 Å². The zero-order chi connectivity index (χ0) is 18.1. The molecule has 7 heteroatoms. The summed E-state index contributed by atoms with van der Waals surface area (Å²) < 4.78 is 14.5. The number of benzene rings is 1. The Morgan fingerprint density at radius 2 is 1.64 bits per heavy atom. The lowest BCUT2D eigenvalue weighted by Gasteiger charge is -2.15. The predicted molar refractivity (Wildman–Crippen MR) is 94.8 cm³/mol. The number of hydrogen-bond donors (Lipinski definition) is 3. The van der Waals surface area contributed by atoms with Crippen molar-refractivity contribution >= 4 is 12.3 Å². The van der Waals surface area contributed by atoms with Gasteiger partial charge in [0.15, 0.2) is 0 Å². The quantitative estimate of drug-likeness (QED) is 0.506. The summed E-state index contributed by atoms with van der Waals surface area (Å²) in [5.74, 6) is -0.337. The van der Waals surface area contributed by atoms with Gasteiger partial charge in [0.05, 0.1) is 17.6 Å².